The van der Waals surface area contributed by atoms with E-state index >= 15 is 0 Å². The van der Waals surface area contributed by atoms with Gasteiger partial charge in [-0.1, -0.05) is 28.9 Å². The molecule has 0 bridgehead atoms. The molecule has 9 heteroatoms. The summed E-state index contributed by atoms with van der Waals surface area (Å²) in [4.78, 5) is 28.6. The quantitative estimate of drug-likeness (QED) is 0.560. The number of carbonyl (C=O) groups is 1. The van der Waals surface area contributed by atoms with Crippen LogP contribution in [0.25, 0.3) is 0 Å². The van der Waals surface area contributed by atoms with E-state index in [0.717, 1.165) is 12.0 Å². The molecule has 0 atom stereocenters. The molecule has 8 nitrogen and oxygen atoms in total. The summed E-state index contributed by atoms with van der Waals surface area (Å²) in [5, 5.41) is 8.64. The molecular weight excluding hydrogens is 384 g/mol. The minimum absolute atomic E-state index is 0.0245. The first-order valence-corrected chi connectivity index (χ1v) is 9.15. The van der Waals surface area contributed by atoms with Crippen LogP contribution in [0.5, 0.6) is 0 Å². The SMILES string of the molecule is CCOC(=O)c1cnn(Cc2nc(CCc3ccc(Cl)cc3)no2)c(=O)c1C. The Hall–Kier alpha value is -3.00. The maximum atomic E-state index is 12.4. The van der Waals surface area contributed by atoms with Gasteiger partial charge in [0.05, 0.1) is 18.4 Å². The lowest BCUT2D eigenvalue weighted by Crippen LogP contribution is -2.28. The fourth-order valence-corrected chi connectivity index (χ4v) is 2.73. The lowest BCUT2D eigenvalue weighted by atomic mass is 10.1. The third-order valence-corrected chi connectivity index (χ3v) is 4.38. The molecular formula is C19H19ClN4O4. The molecule has 0 radical (unpaired) electrons. The number of halogens is 1. The number of rotatable bonds is 7. The first-order chi connectivity index (χ1) is 13.5. The van der Waals surface area contributed by atoms with Crippen molar-refractivity contribution in [3.8, 4) is 0 Å². The van der Waals surface area contributed by atoms with Gasteiger partial charge >= 0.3 is 5.97 Å². The van der Waals surface area contributed by atoms with E-state index in [1.165, 1.54) is 10.9 Å². The zero-order valence-electron chi connectivity index (χ0n) is 15.5. The van der Waals surface area contributed by atoms with E-state index in [-0.39, 0.29) is 30.2 Å². The first-order valence-electron chi connectivity index (χ1n) is 8.77. The molecule has 0 aliphatic heterocycles. The molecule has 0 fully saturated rings. The highest BCUT2D eigenvalue weighted by Gasteiger charge is 2.16. The molecule has 1 aromatic carbocycles. The van der Waals surface area contributed by atoms with Crippen LogP contribution in [0.4, 0.5) is 0 Å². The van der Waals surface area contributed by atoms with Crippen LogP contribution < -0.4 is 5.56 Å². The molecule has 0 aliphatic carbocycles. The van der Waals surface area contributed by atoms with Crippen LogP contribution in [0.3, 0.4) is 0 Å². The third-order valence-electron chi connectivity index (χ3n) is 4.13. The molecule has 2 heterocycles. The summed E-state index contributed by atoms with van der Waals surface area (Å²) in [6.07, 6.45) is 2.64. The van der Waals surface area contributed by atoms with Crippen molar-refractivity contribution in [3.05, 3.63) is 74.2 Å². The standard InChI is InChI=1S/C19H19ClN4O4/c1-3-27-19(26)15-10-21-24(18(25)12(15)2)11-17-22-16(23-28-17)9-6-13-4-7-14(20)8-5-13/h4-5,7-8,10H,3,6,9,11H2,1-2H3. The van der Waals surface area contributed by atoms with Gasteiger partial charge in [-0.05, 0) is 38.0 Å². The number of carbonyl (C=O) groups excluding carboxylic acids is 1. The molecule has 0 saturated carbocycles. The van der Waals surface area contributed by atoms with Crippen LogP contribution >= 0.6 is 11.6 Å². The molecule has 0 saturated heterocycles. The van der Waals surface area contributed by atoms with Gasteiger partial charge in [0.15, 0.2) is 5.82 Å². The van der Waals surface area contributed by atoms with Crippen molar-refractivity contribution in [1.82, 2.24) is 19.9 Å². The van der Waals surface area contributed by atoms with Crippen LogP contribution in [-0.2, 0) is 24.1 Å². The van der Waals surface area contributed by atoms with Gasteiger partial charge in [0.2, 0.25) is 5.89 Å². The fourth-order valence-electron chi connectivity index (χ4n) is 2.60. The van der Waals surface area contributed by atoms with Gasteiger partial charge in [-0.25, -0.2) is 9.48 Å². The fraction of sp³-hybridized carbons (Fsp3) is 0.316. The van der Waals surface area contributed by atoms with Crippen LogP contribution in [0.15, 0.2) is 39.8 Å². The van der Waals surface area contributed by atoms with Crippen LogP contribution in [-0.4, -0.2) is 32.5 Å². The number of hydrogen-bond donors (Lipinski definition) is 0. The average Bonchev–Trinajstić information content (AvgIpc) is 3.13. The van der Waals surface area contributed by atoms with Crippen molar-refractivity contribution < 1.29 is 14.1 Å². The number of aromatic nitrogens is 4. The second-order valence-corrected chi connectivity index (χ2v) is 6.53. The predicted molar refractivity (Wildman–Crippen MR) is 101 cm³/mol. The Morgan fingerprint density at radius 3 is 2.71 bits per heavy atom. The topological polar surface area (TPSA) is 100 Å². The number of hydrogen-bond acceptors (Lipinski definition) is 7. The summed E-state index contributed by atoms with van der Waals surface area (Å²) in [5.74, 6) is 0.237. The minimum atomic E-state index is -0.570. The summed E-state index contributed by atoms with van der Waals surface area (Å²) in [6.45, 7) is 3.50. The molecule has 2 aromatic heterocycles. The Morgan fingerprint density at radius 2 is 2.00 bits per heavy atom. The molecule has 28 heavy (non-hydrogen) atoms. The maximum absolute atomic E-state index is 12.4. The minimum Gasteiger partial charge on any atom is -0.462 e. The summed E-state index contributed by atoms with van der Waals surface area (Å²) >= 11 is 5.88. The number of ether oxygens (including phenoxy) is 1. The van der Waals surface area contributed by atoms with Crippen molar-refractivity contribution in [3.63, 3.8) is 0 Å². The Bertz CT molecular complexity index is 1030. The van der Waals surface area contributed by atoms with Gasteiger partial charge < -0.3 is 9.26 Å². The van der Waals surface area contributed by atoms with Crippen LogP contribution in [0.2, 0.25) is 5.02 Å². The first kappa shape index (κ1) is 19.8. The van der Waals surface area contributed by atoms with E-state index in [0.29, 0.717) is 17.3 Å². The Labute approximate surface area is 166 Å². The molecule has 0 unspecified atom stereocenters. The van der Waals surface area contributed by atoms with Crippen LogP contribution in [0.1, 0.15) is 40.1 Å². The Balaban J connectivity index is 1.67. The summed E-state index contributed by atoms with van der Waals surface area (Å²) in [6, 6.07) is 7.55. The molecule has 0 N–H and O–H groups in total. The molecule has 0 amide bonds. The van der Waals surface area contributed by atoms with Gasteiger partial charge in [-0.2, -0.15) is 10.1 Å². The van der Waals surface area contributed by atoms with Crippen molar-refractivity contribution in [2.24, 2.45) is 0 Å². The molecule has 3 aromatic rings. The van der Waals surface area contributed by atoms with Crippen molar-refractivity contribution >= 4 is 17.6 Å². The van der Waals surface area contributed by atoms with E-state index in [9.17, 15) is 9.59 Å². The van der Waals surface area contributed by atoms with Crippen LogP contribution in [0, 0.1) is 6.92 Å². The normalized spacial score (nSPS) is 10.8. The molecule has 0 aliphatic rings. The van der Waals surface area contributed by atoms with Gasteiger partial charge in [-0.15, -0.1) is 0 Å². The second kappa shape index (κ2) is 8.79. The lowest BCUT2D eigenvalue weighted by Gasteiger charge is -2.07. The van der Waals surface area contributed by atoms with E-state index in [1.807, 2.05) is 24.3 Å². The lowest BCUT2D eigenvalue weighted by molar-refractivity contribution is 0.0524. The number of nitrogens with zero attached hydrogens (tertiary/aromatic N) is 4. The highest BCUT2D eigenvalue weighted by Crippen LogP contribution is 2.11. The van der Waals surface area contributed by atoms with E-state index < -0.39 is 11.5 Å². The van der Waals surface area contributed by atoms with E-state index in [1.54, 1.807) is 13.8 Å². The highest BCUT2D eigenvalue weighted by atomic mass is 35.5. The number of aryl methyl sites for hydroxylation is 2. The Morgan fingerprint density at radius 1 is 1.25 bits per heavy atom. The molecule has 146 valence electrons. The molecule has 3 rings (SSSR count). The zero-order valence-corrected chi connectivity index (χ0v) is 16.3. The highest BCUT2D eigenvalue weighted by molar-refractivity contribution is 6.30. The maximum Gasteiger partial charge on any atom is 0.340 e. The van der Waals surface area contributed by atoms with Gasteiger partial charge in [-0.3, -0.25) is 4.79 Å². The van der Waals surface area contributed by atoms with E-state index in [2.05, 4.69) is 15.2 Å². The zero-order chi connectivity index (χ0) is 20.1. The van der Waals surface area contributed by atoms with Crippen molar-refractivity contribution in [2.45, 2.75) is 33.2 Å². The van der Waals surface area contributed by atoms with E-state index in [4.69, 9.17) is 20.9 Å². The number of esters is 1. The average molecular weight is 403 g/mol. The number of benzene rings is 1. The van der Waals surface area contributed by atoms with Gasteiger partial charge in [0, 0.05) is 17.0 Å². The summed E-state index contributed by atoms with van der Waals surface area (Å²) in [7, 11) is 0. The van der Waals surface area contributed by atoms with Crippen molar-refractivity contribution in [1.29, 1.82) is 0 Å². The second-order valence-electron chi connectivity index (χ2n) is 6.10. The van der Waals surface area contributed by atoms with Crippen molar-refractivity contribution in [2.75, 3.05) is 6.61 Å². The smallest absolute Gasteiger partial charge is 0.340 e. The largest absolute Gasteiger partial charge is 0.462 e. The monoisotopic (exact) mass is 402 g/mol. The molecule has 0 spiro atoms. The summed E-state index contributed by atoms with van der Waals surface area (Å²) < 4.78 is 11.3. The summed E-state index contributed by atoms with van der Waals surface area (Å²) in [5.41, 5.74) is 1.11. The van der Waals surface area contributed by atoms with Gasteiger partial charge in [0.1, 0.15) is 6.54 Å². The predicted octanol–water partition coefficient (Wildman–Crippen LogP) is 2.60. The third kappa shape index (κ3) is 4.64. The van der Waals surface area contributed by atoms with Gasteiger partial charge in [0.25, 0.3) is 5.56 Å². The Kier molecular flexibility index (Phi) is 6.20.